The number of carbonyl (C=O) groups excluding carboxylic acids is 1. The highest BCUT2D eigenvalue weighted by Crippen LogP contribution is 2.26. The van der Waals surface area contributed by atoms with E-state index in [0.717, 1.165) is 13.1 Å². The van der Waals surface area contributed by atoms with Gasteiger partial charge >= 0.3 is 6.09 Å². The van der Waals surface area contributed by atoms with Gasteiger partial charge in [0, 0.05) is 43.8 Å². The number of hydrogen-bond donors (Lipinski definition) is 2. The first-order valence-electron chi connectivity index (χ1n) is 8.90. The van der Waals surface area contributed by atoms with E-state index in [4.69, 9.17) is 10.5 Å². The molecule has 4 unspecified atom stereocenters. The van der Waals surface area contributed by atoms with Crippen LogP contribution in [0, 0.1) is 0 Å². The average molecular weight is 326 g/mol. The number of alkyl carbamates (subject to hydrolysis) is 1. The number of ether oxygens (including phenoxy) is 1. The van der Waals surface area contributed by atoms with Crippen LogP contribution in [0.2, 0.25) is 0 Å². The second-order valence-corrected chi connectivity index (χ2v) is 8.07. The number of nitrogens with zero attached hydrogens (tertiary/aromatic N) is 2. The zero-order valence-electron chi connectivity index (χ0n) is 15.3. The maximum Gasteiger partial charge on any atom is 0.407 e. The Hall–Kier alpha value is -0.850. The van der Waals surface area contributed by atoms with Crippen LogP contribution >= 0.6 is 0 Å². The van der Waals surface area contributed by atoms with Crippen molar-refractivity contribution in [1.82, 2.24) is 15.1 Å². The van der Waals surface area contributed by atoms with E-state index >= 15 is 0 Å². The maximum absolute atomic E-state index is 12.0. The topological polar surface area (TPSA) is 70.8 Å². The molecule has 0 aliphatic carbocycles. The van der Waals surface area contributed by atoms with Crippen LogP contribution in [0.3, 0.4) is 0 Å². The number of hydrogen-bond acceptors (Lipinski definition) is 5. The molecule has 1 amide bonds. The van der Waals surface area contributed by atoms with Crippen LogP contribution < -0.4 is 11.1 Å². The third kappa shape index (κ3) is 4.81. The molecular formula is C17H34N4O2. The lowest BCUT2D eigenvalue weighted by Crippen LogP contribution is -2.64. The van der Waals surface area contributed by atoms with Crippen LogP contribution in [0.5, 0.6) is 0 Å². The van der Waals surface area contributed by atoms with E-state index in [2.05, 4.69) is 22.0 Å². The highest BCUT2D eigenvalue weighted by molar-refractivity contribution is 5.68. The predicted molar refractivity (Wildman–Crippen MR) is 92.4 cm³/mol. The Kier molecular flexibility index (Phi) is 5.92. The molecule has 2 rings (SSSR count). The number of nitrogens with two attached hydrogens (primary N) is 1. The van der Waals surface area contributed by atoms with Crippen LogP contribution in [0.25, 0.3) is 0 Å². The molecule has 0 aromatic carbocycles. The number of piperazine rings is 1. The molecular weight excluding hydrogens is 292 g/mol. The number of rotatable bonds is 4. The summed E-state index contributed by atoms with van der Waals surface area (Å²) in [5.74, 6) is 0. The van der Waals surface area contributed by atoms with E-state index in [-0.39, 0.29) is 18.2 Å². The Bertz CT molecular complexity index is 410. The molecule has 2 heterocycles. The molecule has 6 nitrogen and oxygen atoms in total. The molecule has 0 bridgehead atoms. The summed E-state index contributed by atoms with van der Waals surface area (Å²) >= 11 is 0. The van der Waals surface area contributed by atoms with E-state index in [9.17, 15) is 4.79 Å². The van der Waals surface area contributed by atoms with Crippen LogP contribution in [0.1, 0.15) is 47.5 Å². The van der Waals surface area contributed by atoms with Gasteiger partial charge in [-0.3, -0.25) is 9.80 Å². The molecule has 134 valence electrons. The normalized spacial score (nSPS) is 29.0. The zero-order chi connectivity index (χ0) is 17.2. The second-order valence-electron chi connectivity index (χ2n) is 8.07. The highest BCUT2D eigenvalue weighted by atomic mass is 16.6. The molecule has 2 aliphatic heterocycles. The molecule has 4 atom stereocenters. The fourth-order valence-electron chi connectivity index (χ4n) is 3.89. The van der Waals surface area contributed by atoms with E-state index < -0.39 is 5.60 Å². The van der Waals surface area contributed by atoms with Gasteiger partial charge in [0.05, 0.1) is 0 Å². The minimum Gasteiger partial charge on any atom is -0.444 e. The summed E-state index contributed by atoms with van der Waals surface area (Å²) in [5, 5.41) is 2.97. The highest BCUT2D eigenvalue weighted by Gasteiger charge is 2.38. The Morgan fingerprint density at radius 3 is 2.70 bits per heavy atom. The summed E-state index contributed by atoms with van der Waals surface area (Å²) in [7, 11) is 0. The SMILES string of the molecule is CC(NC(=O)OC(C)(C)C)C(CN)N1CC2CCCN2CC1C. The van der Waals surface area contributed by atoms with Crippen molar-refractivity contribution in [2.45, 2.75) is 77.2 Å². The quantitative estimate of drug-likeness (QED) is 0.817. The Morgan fingerprint density at radius 2 is 2.09 bits per heavy atom. The van der Waals surface area contributed by atoms with Crippen molar-refractivity contribution in [2.75, 3.05) is 26.2 Å². The molecule has 3 N–H and O–H groups in total. The second kappa shape index (κ2) is 7.36. The van der Waals surface area contributed by atoms with Crippen LogP contribution in [0.4, 0.5) is 4.79 Å². The number of amides is 1. The van der Waals surface area contributed by atoms with Gasteiger partial charge in [0.2, 0.25) is 0 Å². The fourth-order valence-corrected chi connectivity index (χ4v) is 3.89. The Labute approximate surface area is 140 Å². The van der Waals surface area contributed by atoms with Crippen LogP contribution in [-0.4, -0.2) is 71.8 Å². The minimum atomic E-state index is -0.481. The maximum atomic E-state index is 12.0. The van der Waals surface area contributed by atoms with Crippen molar-refractivity contribution in [1.29, 1.82) is 0 Å². The van der Waals surface area contributed by atoms with Gasteiger partial charge in [-0.15, -0.1) is 0 Å². The molecule has 2 fully saturated rings. The number of carbonyl (C=O) groups is 1. The van der Waals surface area contributed by atoms with Gasteiger partial charge in [0.25, 0.3) is 0 Å². The first kappa shape index (κ1) is 18.5. The van der Waals surface area contributed by atoms with Gasteiger partial charge in [-0.1, -0.05) is 0 Å². The summed E-state index contributed by atoms with van der Waals surface area (Å²) in [6, 6.07) is 1.21. The largest absolute Gasteiger partial charge is 0.444 e. The van der Waals surface area contributed by atoms with Crippen LogP contribution in [-0.2, 0) is 4.74 Å². The third-order valence-electron chi connectivity index (χ3n) is 4.97. The van der Waals surface area contributed by atoms with Crippen molar-refractivity contribution in [2.24, 2.45) is 5.73 Å². The van der Waals surface area contributed by atoms with Crippen molar-refractivity contribution in [3.8, 4) is 0 Å². The van der Waals surface area contributed by atoms with E-state index in [0.29, 0.717) is 18.6 Å². The molecule has 0 aromatic heterocycles. The molecule has 6 heteroatoms. The first-order valence-corrected chi connectivity index (χ1v) is 8.90. The van der Waals surface area contributed by atoms with Gasteiger partial charge in [-0.25, -0.2) is 4.79 Å². The van der Waals surface area contributed by atoms with E-state index in [1.807, 2.05) is 27.7 Å². The molecule has 0 aromatic rings. The smallest absolute Gasteiger partial charge is 0.407 e. The Morgan fingerprint density at radius 1 is 1.39 bits per heavy atom. The van der Waals surface area contributed by atoms with Crippen molar-refractivity contribution < 1.29 is 9.53 Å². The monoisotopic (exact) mass is 326 g/mol. The third-order valence-corrected chi connectivity index (χ3v) is 4.97. The van der Waals surface area contributed by atoms with Crippen LogP contribution in [0.15, 0.2) is 0 Å². The summed E-state index contributed by atoms with van der Waals surface area (Å²) in [6.45, 7) is 13.8. The van der Waals surface area contributed by atoms with Gasteiger partial charge in [0.15, 0.2) is 0 Å². The number of nitrogens with one attached hydrogen (secondary N) is 1. The number of fused-ring (bicyclic) bond motifs is 1. The zero-order valence-corrected chi connectivity index (χ0v) is 15.3. The molecule has 0 spiro atoms. The molecule has 2 saturated heterocycles. The lowest BCUT2D eigenvalue weighted by Gasteiger charge is -2.47. The summed E-state index contributed by atoms with van der Waals surface area (Å²) < 4.78 is 5.37. The fraction of sp³-hybridized carbons (Fsp3) is 0.941. The molecule has 0 radical (unpaired) electrons. The molecule has 0 saturated carbocycles. The van der Waals surface area contributed by atoms with Gasteiger partial charge in [0.1, 0.15) is 5.60 Å². The minimum absolute atomic E-state index is 0.0368. The lowest BCUT2D eigenvalue weighted by atomic mass is 10.0. The average Bonchev–Trinajstić information content (AvgIpc) is 2.84. The molecule has 2 aliphatic rings. The van der Waals surface area contributed by atoms with Gasteiger partial charge in [-0.05, 0) is 54.0 Å². The summed E-state index contributed by atoms with van der Waals surface area (Å²) in [4.78, 5) is 17.1. The summed E-state index contributed by atoms with van der Waals surface area (Å²) in [5.41, 5.74) is 5.58. The first-order chi connectivity index (χ1) is 10.7. The molecule has 23 heavy (non-hydrogen) atoms. The van der Waals surface area contributed by atoms with Gasteiger partial charge in [-0.2, -0.15) is 0 Å². The van der Waals surface area contributed by atoms with E-state index in [1.54, 1.807) is 0 Å². The standard InChI is InChI=1S/C17H34N4O2/c1-12-10-20-8-6-7-14(20)11-21(12)15(9-18)13(2)19-16(22)23-17(3,4)5/h12-15H,6-11,18H2,1-5H3,(H,19,22). The van der Waals surface area contributed by atoms with E-state index in [1.165, 1.54) is 19.4 Å². The van der Waals surface area contributed by atoms with Crippen molar-refractivity contribution in [3.05, 3.63) is 0 Å². The Balaban J connectivity index is 1.96. The predicted octanol–water partition coefficient (Wildman–Crippen LogP) is 1.40. The van der Waals surface area contributed by atoms with Crippen molar-refractivity contribution >= 4 is 6.09 Å². The lowest BCUT2D eigenvalue weighted by molar-refractivity contribution is 0.0146. The summed E-state index contributed by atoms with van der Waals surface area (Å²) in [6.07, 6.45) is 2.20. The van der Waals surface area contributed by atoms with Crippen molar-refractivity contribution in [3.63, 3.8) is 0 Å². The van der Waals surface area contributed by atoms with Gasteiger partial charge < -0.3 is 15.8 Å².